The van der Waals surface area contributed by atoms with Gasteiger partial charge in [-0.25, -0.2) is 0 Å². The Balaban J connectivity index is 1.74. The zero-order valence-electron chi connectivity index (χ0n) is 12.3. The molecular formula is C16H19ClN2O3. The van der Waals surface area contributed by atoms with Crippen molar-refractivity contribution < 1.29 is 14.6 Å². The molecule has 0 saturated heterocycles. The summed E-state index contributed by atoms with van der Waals surface area (Å²) >= 11 is 5.77. The Kier molecular flexibility index (Phi) is 6.00. The molecule has 2 N–H and O–H groups in total. The minimum absolute atomic E-state index is 0.165. The van der Waals surface area contributed by atoms with Crippen molar-refractivity contribution in [2.75, 3.05) is 20.2 Å². The van der Waals surface area contributed by atoms with E-state index >= 15 is 0 Å². The van der Waals surface area contributed by atoms with E-state index in [1.807, 2.05) is 30.3 Å². The molecular weight excluding hydrogens is 304 g/mol. The number of rotatable bonds is 7. The predicted molar refractivity (Wildman–Crippen MR) is 84.9 cm³/mol. The van der Waals surface area contributed by atoms with Crippen molar-refractivity contribution in [3.8, 4) is 0 Å². The molecule has 1 aromatic carbocycles. The SMILES string of the molecule is CN(CC(O)COCc1ccccc1)C(=O)c1cc(Cl)c[nH]1. The van der Waals surface area contributed by atoms with Crippen molar-refractivity contribution in [2.45, 2.75) is 12.7 Å². The van der Waals surface area contributed by atoms with E-state index in [1.54, 1.807) is 19.3 Å². The first-order valence-electron chi connectivity index (χ1n) is 6.95. The maximum atomic E-state index is 12.1. The molecule has 0 aliphatic rings. The highest BCUT2D eigenvalue weighted by atomic mass is 35.5. The fourth-order valence-corrected chi connectivity index (χ4v) is 2.20. The minimum atomic E-state index is -0.747. The molecule has 0 aliphatic heterocycles. The number of aliphatic hydroxyl groups is 1. The Labute approximate surface area is 134 Å². The quantitative estimate of drug-likeness (QED) is 0.822. The van der Waals surface area contributed by atoms with E-state index in [1.165, 1.54) is 4.90 Å². The van der Waals surface area contributed by atoms with E-state index in [0.717, 1.165) is 5.56 Å². The minimum Gasteiger partial charge on any atom is -0.389 e. The molecule has 22 heavy (non-hydrogen) atoms. The summed E-state index contributed by atoms with van der Waals surface area (Å²) in [6.45, 7) is 0.782. The number of carbonyl (C=O) groups excluding carboxylic acids is 1. The summed E-state index contributed by atoms with van der Waals surface area (Å²) in [5.41, 5.74) is 1.44. The molecule has 0 saturated carbocycles. The van der Waals surface area contributed by atoms with Crippen LogP contribution in [0, 0.1) is 0 Å². The maximum absolute atomic E-state index is 12.1. The molecule has 0 bridgehead atoms. The van der Waals surface area contributed by atoms with E-state index in [4.69, 9.17) is 16.3 Å². The fraction of sp³-hybridized carbons (Fsp3) is 0.312. The van der Waals surface area contributed by atoms with E-state index < -0.39 is 6.10 Å². The zero-order valence-corrected chi connectivity index (χ0v) is 13.1. The number of carbonyl (C=O) groups is 1. The Bertz CT molecular complexity index is 600. The first-order chi connectivity index (χ1) is 10.6. The number of halogens is 1. The molecule has 1 aromatic heterocycles. The third kappa shape index (κ3) is 4.87. The molecule has 1 unspecified atom stereocenters. The number of benzene rings is 1. The molecule has 1 heterocycles. The van der Waals surface area contributed by atoms with Gasteiger partial charge in [0.1, 0.15) is 5.69 Å². The number of amides is 1. The Morgan fingerprint density at radius 2 is 2.14 bits per heavy atom. The van der Waals surface area contributed by atoms with Crippen LogP contribution in [0.5, 0.6) is 0 Å². The monoisotopic (exact) mass is 322 g/mol. The number of aliphatic hydroxyl groups excluding tert-OH is 1. The van der Waals surface area contributed by atoms with E-state index in [2.05, 4.69) is 4.98 Å². The van der Waals surface area contributed by atoms with E-state index in [-0.39, 0.29) is 19.1 Å². The van der Waals surface area contributed by atoms with Gasteiger partial charge in [-0.05, 0) is 11.6 Å². The van der Waals surface area contributed by atoms with Crippen molar-refractivity contribution in [3.05, 3.63) is 58.9 Å². The first-order valence-corrected chi connectivity index (χ1v) is 7.33. The molecule has 1 atom stereocenters. The van der Waals surface area contributed by atoms with Crippen LogP contribution in [0.2, 0.25) is 5.02 Å². The van der Waals surface area contributed by atoms with Crippen molar-refractivity contribution in [1.82, 2.24) is 9.88 Å². The smallest absolute Gasteiger partial charge is 0.270 e. The lowest BCUT2D eigenvalue weighted by molar-refractivity contribution is 0.0136. The number of nitrogens with zero attached hydrogens (tertiary/aromatic N) is 1. The third-order valence-corrected chi connectivity index (χ3v) is 3.35. The van der Waals surface area contributed by atoms with Crippen LogP contribution in [0.25, 0.3) is 0 Å². The highest BCUT2D eigenvalue weighted by Crippen LogP contribution is 2.11. The van der Waals surface area contributed by atoms with Crippen molar-refractivity contribution in [2.24, 2.45) is 0 Å². The summed E-state index contributed by atoms with van der Waals surface area (Å²) in [5.74, 6) is -0.228. The molecule has 0 spiro atoms. The molecule has 0 radical (unpaired) electrons. The summed E-state index contributed by atoms with van der Waals surface area (Å²) in [6, 6.07) is 11.3. The van der Waals surface area contributed by atoms with Gasteiger partial charge in [-0.2, -0.15) is 0 Å². The van der Waals surface area contributed by atoms with Gasteiger partial charge in [0, 0.05) is 19.8 Å². The Morgan fingerprint density at radius 3 is 2.77 bits per heavy atom. The van der Waals surface area contributed by atoms with Gasteiger partial charge in [-0.15, -0.1) is 0 Å². The molecule has 1 amide bonds. The third-order valence-electron chi connectivity index (χ3n) is 3.13. The average Bonchev–Trinajstić information content (AvgIpc) is 2.94. The number of ether oxygens (including phenoxy) is 1. The second kappa shape index (κ2) is 7.98. The standard InChI is InChI=1S/C16H19ClN2O3/c1-19(16(21)15-7-13(17)8-18-15)9-14(20)11-22-10-12-5-3-2-4-6-12/h2-8,14,18,20H,9-11H2,1H3. The fourth-order valence-electron chi connectivity index (χ4n) is 2.04. The summed E-state index contributed by atoms with van der Waals surface area (Å²) in [6.07, 6.45) is 0.797. The molecule has 0 aliphatic carbocycles. The summed E-state index contributed by atoms with van der Waals surface area (Å²) in [7, 11) is 1.62. The van der Waals surface area contributed by atoms with Crippen LogP contribution >= 0.6 is 11.6 Å². The normalized spacial score (nSPS) is 12.1. The number of nitrogens with one attached hydrogen (secondary N) is 1. The largest absolute Gasteiger partial charge is 0.389 e. The molecule has 0 fully saturated rings. The summed E-state index contributed by atoms with van der Waals surface area (Å²) < 4.78 is 5.46. The summed E-state index contributed by atoms with van der Waals surface area (Å²) in [5, 5.41) is 10.4. The second-order valence-corrected chi connectivity index (χ2v) is 5.51. The van der Waals surface area contributed by atoms with Crippen LogP contribution in [0.15, 0.2) is 42.6 Å². The maximum Gasteiger partial charge on any atom is 0.270 e. The van der Waals surface area contributed by atoms with Crippen molar-refractivity contribution in [3.63, 3.8) is 0 Å². The van der Waals surface area contributed by atoms with Crippen molar-refractivity contribution >= 4 is 17.5 Å². The number of aromatic amines is 1. The molecule has 2 rings (SSSR count). The highest BCUT2D eigenvalue weighted by molar-refractivity contribution is 6.30. The summed E-state index contributed by atoms with van der Waals surface area (Å²) in [4.78, 5) is 16.3. The van der Waals surface area contributed by atoms with Gasteiger partial charge >= 0.3 is 0 Å². The van der Waals surface area contributed by atoms with Gasteiger partial charge in [0.2, 0.25) is 0 Å². The van der Waals surface area contributed by atoms with E-state index in [0.29, 0.717) is 17.3 Å². The van der Waals surface area contributed by atoms with Crippen LogP contribution in [-0.2, 0) is 11.3 Å². The number of likely N-dealkylation sites (N-methyl/N-ethyl adjacent to an activating group) is 1. The molecule has 6 heteroatoms. The number of hydrogen-bond acceptors (Lipinski definition) is 3. The Hall–Kier alpha value is -1.82. The van der Waals surface area contributed by atoms with Crippen molar-refractivity contribution in [1.29, 1.82) is 0 Å². The molecule has 2 aromatic rings. The number of aromatic nitrogens is 1. The number of hydrogen-bond donors (Lipinski definition) is 2. The topological polar surface area (TPSA) is 65.6 Å². The van der Waals surface area contributed by atoms with Crippen LogP contribution in [0.1, 0.15) is 16.1 Å². The average molecular weight is 323 g/mol. The molecule has 5 nitrogen and oxygen atoms in total. The van der Waals surface area contributed by atoms with Gasteiger partial charge in [-0.3, -0.25) is 4.79 Å². The molecule has 118 valence electrons. The predicted octanol–water partition coefficient (Wildman–Crippen LogP) is 2.32. The van der Waals surface area contributed by atoms with Gasteiger partial charge in [0.25, 0.3) is 5.91 Å². The van der Waals surface area contributed by atoms with Crippen LogP contribution in [0.3, 0.4) is 0 Å². The van der Waals surface area contributed by atoms with Crippen LogP contribution < -0.4 is 0 Å². The first kappa shape index (κ1) is 16.5. The Morgan fingerprint density at radius 1 is 1.41 bits per heavy atom. The lowest BCUT2D eigenvalue weighted by Crippen LogP contribution is -2.36. The zero-order chi connectivity index (χ0) is 15.9. The van der Waals surface area contributed by atoms with E-state index in [9.17, 15) is 9.90 Å². The lowest BCUT2D eigenvalue weighted by Gasteiger charge is -2.20. The second-order valence-electron chi connectivity index (χ2n) is 5.07. The number of H-pyrrole nitrogens is 1. The van der Waals surface area contributed by atoms with Gasteiger partial charge < -0.3 is 19.7 Å². The van der Waals surface area contributed by atoms with Gasteiger partial charge in [-0.1, -0.05) is 41.9 Å². The van der Waals surface area contributed by atoms with Gasteiger partial charge in [0.15, 0.2) is 0 Å². The van der Waals surface area contributed by atoms with Crippen LogP contribution in [-0.4, -0.2) is 47.2 Å². The lowest BCUT2D eigenvalue weighted by atomic mass is 10.2. The van der Waals surface area contributed by atoms with Crippen LogP contribution in [0.4, 0.5) is 0 Å². The highest BCUT2D eigenvalue weighted by Gasteiger charge is 2.17. The van der Waals surface area contributed by atoms with Gasteiger partial charge in [0.05, 0.1) is 24.3 Å².